The summed E-state index contributed by atoms with van der Waals surface area (Å²) >= 11 is 0. The molecule has 25 atom stereocenters. The number of ether oxygens (including phenoxy) is 10. The molecule has 18 unspecified atom stereocenters. The highest BCUT2D eigenvalue weighted by Gasteiger charge is 2.56. The zero-order valence-electron chi connectivity index (χ0n) is 36.0. The Hall–Kier alpha value is -1.57. The van der Waals surface area contributed by atoms with Gasteiger partial charge in [0.05, 0.1) is 45.7 Å². The molecule has 5 aliphatic rings. The smallest absolute Gasteiger partial charge is 0.219 e. The molecular weight excluding hydrogens is 900 g/mol. The average molecular weight is 969 g/mol. The topological polar surface area (TPSA) is 451 Å². The van der Waals surface area contributed by atoms with Crippen molar-refractivity contribution in [3.63, 3.8) is 0 Å². The van der Waals surface area contributed by atoms with Gasteiger partial charge in [-0.25, -0.2) is 0 Å². The molecule has 5 aliphatic heterocycles. The van der Waals surface area contributed by atoms with Crippen LogP contribution in [0.2, 0.25) is 0 Å². The van der Waals surface area contributed by atoms with Crippen LogP contribution in [0.25, 0.3) is 0 Å². The second-order valence-corrected chi connectivity index (χ2v) is 16.7. The Bertz CT molecular complexity index is 1440. The summed E-state index contributed by atoms with van der Waals surface area (Å²) in [6.07, 6.45) is -40.2. The van der Waals surface area contributed by atoms with E-state index < -0.39 is 187 Å². The number of carbonyl (C=O) groups is 1. The van der Waals surface area contributed by atoms with Gasteiger partial charge in [-0.3, -0.25) is 4.79 Å². The summed E-state index contributed by atoms with van der Waals surface area (Å²) in [5.74, 6) is -0.132. The van der Waals surface area contributed by atoms with Crippen molar-refractivity contribution in [3.8, 4) is 0 Å². The summed E-state index contributed by atoms with van der Waals surface area (Å²) < 4.78 is 56.4. The van der Waals surface area contributed by atoms with Gasteiger partial charge in [-0.05, 0) is 12.8 Å². The van der Waals surface area contributed by atoms with Gasteiger partial charge in [0, 0.05) is 13.0 Å². The molecule has 0 aromatic rings. The highest BCUT2D eigenvalue weighted by molar-refractivity contribution is 5.75. The normalized spacial score (nSPS) is 46.8. The fourth-order valence-electron chi connectivity index (χ4n) is 8.11. The lowest BCUT2D eigenvalue weighted by Gasteiger charge is -2.50. The predicted molar refractivity (Wildman–Crippen MR) is 209 cm³/mol. The lowest BCUT2D eigenvalue weighted by Crippen LogP contribution is -2.69. The molecule has 0 aromatic heterocycles. The van der Waals surface area contributed by atoms with E-state index in [1.165, 1.54) is 0 Å². The van der Waals surface area contributed by atoms with Gasteiger partial charge in [-0.15, -0.1) is 0 Å². The van der Waals surface area contributed by atoms with E-state index in [4.69, 9.17) is 53.1 Å². The second-order valence-electron chi connectivity index (χ2n) is 16.7. The Morgan fingerprint density at radius 1 is 0.470 bits per heavy atom. The van der Waals surface area contributed by atoms with E-state index in [9.17, 15) is 81.4 Å². The Kier molecular flexibility index (Phi) is 21.4. The minimum atomic E-state index is -2.05. The molecule has 386 valence electrons. The largest absolute Gasteiger partial charge is 0.394 e. The third kappa shape index (κ3) is 12.7. The molecule has 18 N–H and O–H groups in total. The molecule has 5 saturated heterocycles. The number of hydrogen-bond donors (Lipinski definition) is 17. The van der Waals surface area contributed by atoms with Crippen molar-refractivity contribution in [2.45, 2.75) is 186 Å². The molecule has 5 heterocycles. The number of carbonyl (C=O) groups excluding carboxylic acids is 1. The Morgan fingerprint density at radius 3 is 1.38 bits per heavy atom. The van der Waals surface area contributed by atoms with Crippen molar-refractivity contribution in [2.75, 3.05) is 46.2 Å². The molecule has 0 aromatic carbocycles. The lowest BCUT2D eigenvalue weighted by atomic mass is 9.94. The molecular formula is C38H68N2O26. The van der Waals surface area contributed by atoms with Crippen LogP contribution in [0.4, 0.5) is 0 Å². The molecule has 0 bridgehead atoms. The molecule has 0 aliphatic carbocycles. The minimum Gasteiger partial charge on any atom is -0.394 e. The number of hydrogen-bond acceptors (Lipinski definition) is 27. The summed E-state index contributed by atoms with van der Waals surface area (Å²) in [5, 5.41) is 162. The van der Waals surface area contributed by atoms with E-state index in [0.29, 0.717) is 12.8 Å². The monoisotopic (exact) mass is 968 g/mol. The third-order valence-corrected chi connectivity index (χ3v) is 12.1. The van der Waals surface area contributed by atoms with Crippen molar-refractivity contribution in [1.82, 2.24) is 5.32 Å². The van der Waals surface area contributed by atoms with E-state index in [1.807, 2.05) is 6.92 Å². The molecule has 5 fully saturated rings. The zero-order chi connectivity index (χ0) is 48.6. The van der Waals surface area contributed by atoms with Crippen molar-refractivity contribution in [2.24, 2.45) is 5.73 Å². The molecule has 28 nitrogen and oxygen atoms in total. The number of rotatable bonds is 21. The fraction of sp³-hybridized carbons (Fsp3) is 0.974. The van der Waals surface area contributed by atoms with Gasteiger partial charge in [-0.1, -0.05) is 13.3 Å². The first-order valence-electron chi connectivity index (χ1n) is 21.8. The number of amides is 1. The van der Waals surface area contributed by atoms with Crippen LogP contribution in [-0.2, 0) is 52.2 Å². The van der Waals surface area contributed by atoms with Crippen LogP contribution < -0.4 is 11.1 Å². The van der Waals surface area contributed by atoms with Crippen LogP contribution in [0.5, 0.6) is 0 Å². The summed E-state index contributed by atoms with van der Waals surface area (Å²) in [6.45, 7) is -2.21. The third-order valence-electron chi connectivity index (χ3n) is 12.1. The maximum atomic E-state index is 11.8. The molecule has 0 radical (unpaired) electrons. The van der Waals surface area contributed by atoms with Crippen molar-refractivity contribution in [1.29, 1.82) is 0 Å². The number of unbranched alkanes of at least 4 members (excludes halogenated alkanes) is 1. The molecule has 66 heavy (non-hydrogen) atoms. The summed E-state index contributed by atoms with van der Waals surface area (Å²) in [6, 6.07) is -1.68. The van der Waals surface area contributed by atoms with Gasteiger partial charge >= 0.3 is 0 Å². The molecule has 1 amide bonds. The van der Waals surface area contributed by atoms with Crippen LogP contribution in [-0.4, -0.2) is 282 Å². The summed E-state index contributed by atoms with van der Waals surface area (Å²) in [7, 11) is 0. The SMILES string of the molecule is CCCCC(=O)NCCCOC1OC(CO)[C@@H](O[C@@H]2OC(CO)[C@H](O)C(O[C@@H]3OC(CO)[C@@H](OC4OC(CO)[C@H](O)C(OC5OC(CO)[C@H](O)C(O)C5O)C4O)C(O)C3N)C2O)C(O)C1O. The Labute approximate surface area is 377 Å². The van der Waals surface area contributed by atoms with E-state index in [2.05, 4.69) is 5.32 Å². The fourth-order valence-corrected chi connectivity index (χ4v) is 8.11. The highest BCUT2D eigenvalue weighted by atomic mass is 16.8. The van der Waals surface area contributed by atoms with Crippen LogP contribution >= 0.6 is 0 Å². The second kappa shape index (κ2) is 25.5. The minimum absolute atomic E-state index is 0.0234. The Morgan fingerprint density at radius 2 is 0.879 bits per heavy atom. The lowest BCUT2D eigenvalue weighted by molar-refractivity contribution is -0.386. The number of nitrogens with two attached hydrogens (primary N) is 1. The van der Waals surface area contributed by atoms with Crippen LogP contribution in [0.1, 0.15) is 32.6 Å². The molecule has 5 rings (SSSR count). The van der Waals surface area contributed by atoms with E-state index in [-0.39, 0.29) is 19.1 Å². The molecule has 28 heteroatoms. The molecule has 0 saturated carbocycles. The quantitative estimate of drug-likeness (QED) is 0.0475. The highest BCUT2D eigenvalue weighted by Crippen LogP contribution is 2.35. The van der Waals surface area contributed by atoms with Crippen LogP contribution in [0.3, 0.4) is 0 Å². The predicted octanol–water partition coefficient (Wildman–Crippen LogP) is -10.2. The van der Waals surface area contributed by atoms with Gasteiger partial charge in [0.25, 0.3) is 0 Å². The van der Waals surface area contributed by atoms with E-state index in [1.54, 1.807) is 0 Å². The zero-order valence-corrected chi connectivity index (χ0v) is 36.0. The standard InChI is InChI=1S/C38H68N2O26/c1-2-3-5-18(46)40-6-4-7-57-35-27(54)25(52)31(17(12-45)62-35)64-38-28(55)32(21(48)14(9-42)60-38)65-34-19(39)23(50)30(16(11-44)61-34)63-37-29(56)33(22(49)15(10-43)59-37)66-36-26(53)24(51)20(47)13(8-41)58-36/h13-17,19-38,41-45,47-56H,2-12,39H2,1H3,(H,40,46)/t13?,14?,15?,16?,17?,19?,20-,21-,22-,23?,24?,25?,26?,27?,28?,29?,30+,31+,32?,33?,34-,35?,36?,37?,38-/m0/s1. The first-order valence-corrected chi connectivity index (χ1v) is 21.8. The molecule has 0 spiro atoms. The Balaban J connectivity index is 1.22. The van der Waals surface area contributed by atoms with E-state index in [0.717, 1.165) is 12.8 Å². The van der Waals surface area contributed by atoms with Gasteiger partial charge in [0.15, 0.2) is 31.5 Å². The van der Waals surface area contributed by atoms with Gasteiger partial charge in [-0.2, -0.15) is 0 Å². The number of aliphatic hydroxyl groups excluding tert-OH is 15. The number of nitrogens with one attached hydrogen (secondary N) is 1. The van der Waals surface area contributed by atoms with Gasteiger partial charge in [0.1, 0.15) is 116 Å². The van der Waals surface area contributed by atoms with Crippen molar-refractivity contribution >= 4 is 5.91 Å². The first kappa shape index (κ1) is 55.4. The van der Waals surface area contributed by atoms with Crippen molar-refractivity contribution < 1.29 is 129 Å². The number of aliphatic hydroxyl groups is 15. The summed E-state index contributed by atoms with van der Waals surface area (Å²) in [4.78, 5) is 11.8. The van der Waals surface area contributed by atoms with E-state index >= 15 is 0 Å². The van der Waals surface area contributed by atoms with Gasteiger partial charge in [0.2, 0.25) is 5.91 Å². The van der Waals surface area contributed by atoms with Gasteiger partial charge < -0.3 is 135 Å². The maximum absolute atomic E-state index is 11.8. The summed E-state index contributed by atoms with van der Waals surface area (Å²) in [5.41, 5.74) is 6.30. The maximum Gasteiger partial charge on any atom is 0.219 e. The van der Waals surface area contributed by atoms with Crippen molar-refractivity contribution in [3.05, 3.63) is 0 Å². The van der Waals surface area contributed by atoms with Crippen LogP contribution in [0, 0.1) is 0 Å². The first-order chi connectivity index (χ1) is 31.5. The average Bonchev–Trinajstić information content (AvgIpc) is 3.31. The van der Waals surface area contributed by atoms with Crippen LogP contribution in [0.15, 0.2) is 0 Å².